The highest BCUT2D eigenvalue weighted by molar-refractivity contribution is 5.94. The molecule has 1 aromatic carbocycles. The number of aliphatic carboxylic acids is 1. The van der Waals surface area contributed by atoms with Crippen LogP contribution in [-0.2, 0) is 30.4 Å². The number of fused-ring (bicyclic) bond motifs is 1. The quantitative estimate of drug-likeness (QED) is 0.154. The van der Waals surface area contributed by atoms with Gasteiger partial charge in [-0.1, -0.05) is 18.2 Å². The number of hydrogen-bond acceptors (Lipinski definition) is 7. The Morgan fingerprint density at radius 2 is 1.74 bits per heavy atom. The molecular formula is C22H30N6O7. The van der Waals surface area contributed by atoms with Gasteiger partial charge in [-0.15, -0.1) is 0 Å². The number of carbonyl (C=O) groups is 5. The minimum Gasteiger partial charge on any atom is -0.480 e. The number of H-pyrrole nitrogens is 1. The van der Waals surface area contributed by atoms with Crippen LogP contribution in [0.5, 0.6) is 0 Å². The van der Waals surface area contributed by atoms with Gasteiger partial charge in [-0.2, -0.15) is 0 Å². The summed E-state index contributed by atoms with van der Waals surface area (Å²) in [6.45, 7) is 0.542. The average Bonchev–Trinajstić information content (AvgIpc) is 3.21. The first-order valence-electron chi connectivity index (χ1n) is 10.9. The van der Waals surface area contributed by atoms with Gasteiger partial charge >= 0.3 is 5.97 Å². The first-order valence-corrected chi connectivity index (χ1v) is 10.9. The number of primary amides is 1. The fraction of sp³-hybridized carbons (Fsp3) is 0.409. The van der Waals surface area contributed by atoms with Gasteiger partial charge < -0.3 is 42.6 Å². The van der Waals surface area contributed by atoms with E-state index in [-0.39, 0.29) is 19.3 Å². The second-order valence-electron chi connectivity index (χ2n) is 8.07. The molecule has 0 aliphatic rings. The maximum absolute atomic E-state index is 13.1. The van der Waals surface area contributed by atoms with Crippen LogP contribution >= 0.6 is 0 Å². The molecule has 13 heteroatoms. The molecular weight excluding hydrogens is 460 g/mol. The molecule has 0 fully saturated rings. The number of rotatable bonds is 13. The Hall–Kier alpha value is -3.97. The number of aromatic nitrogens is 1. The van der Waals surface area contributed by atoms with E-state index in [0.29, 0.717) is 5.56 Å². The third kappa shape index (κ3) is 8.08. The van der Waals surface area contributed by atoms with Crippen molar-refractivity contribution in [3.8, 4) is 0 Å². The van der Waals surface area contributed by atoms with Crippen molar-refractivity contribution in [2.45, 2.75) is 50.4 Å². The second-order valence-corrected chi connectivity index (χ2v) is 8.07. The van der Waals surface area contributed by atoms with E-state index in [2.05, 4.69) is 20.9 Å². The third-order valence-electron chi connectivity index (χ3n) is 5.25. The highest BCUT2D eigenvalue weighted by atomic mass is 16.4. The molecule has 13 nitrogen and oxygen atoms in total. The number of carboxylic acid groups (broad SMARTS) is 1. The summed E-state index contributed by atoms with van der Waals surface area (Å²) in [4.78, 5) is 62.9. The number of para-hydroxylation sites is 1. The minimum absolute atomic E-state index is 0.00734. The van der Waals surface area contributed by atoms with Gasteiger partial charge in [0.25, 0.3) is 0 Å². The summed E-state index contributed by atoms with van der Waals surface area (Å²) < 4.78 is 0. The van der Waals surface area contributed by atoms with Crippen LogP contribution in [0, 0.1) is 0 Å². The number of hydrogen-bond donors (Lipinski definition) is 8. The molecule has 2 rings (SSSR count). The molecule has 0 aliphatic carbocycles. The van der Waals surface area contributed by atoms with Crippen molar-refractivity contribution in [3.05, 3.63) is 36.0 Å². The van der Waals surface area contributed by atoms with Gasteiger partial charge in [0.1, 0.15) is 18.6 Å². The van der Waals surface area contributed by atoms with Gasteiger partial charge in [0, 0.05) is 29.9 Å². The number of aliphatic hydroxyl groups is 1. The van der Waals surface area contributed by atoms with Crippen molar-refractivity contribution in [1.82, 2.24) is 20.9 Å². The lowest BCUT2D eigenvalue weighted by Gasteiger charge is -2.25. The summed E-state index contributed by atoms with van der Waals surface area (Å²) in [6, 6.07) is 3.49. The maximum Gasteiger partial charge on any atom is 0.322 e. The molecule has 4 amide bonds. The van der Waals surface area contributed by atoms with Crippen molar-refractivity contribution < 1.29 is 34.2 Å². The fourth-order valence-electron chi connectivity index (χ4n) is 3.37. The first-order chi connectivity index (χ1) is 16.5. The Kier molecular flexibility index (Phi) is 9.73. The third-order valence-corrected chi connectivity index (χ3v) is 5.25. The van der Waals surface area contributed by atoms with Gasteiger partial charge in [0.05, 0.1) is 12.1 Å². The SMILES string of the molecule is CC(O)C(NC(=O)C(Cc1c[nH]c2ccccc12)NC(=O)C(N)CCC(N)=O)C(=O)NCC(=O)O. The van der Waals surface area contributed by atoms with Crippen molar-refractivity contribution in [1.29, 1.82) is 0 Å². The molecule has 2 aromatic rings. The Morgan fingerprint density at radius 1 is 1.06 bits per heavy atom. The van der Waals surface area contributed by atoms with Crippen molar-refractivity contribution in [3.63, 3.8) is 0 Å². The lowest BCUT2D eigenvalue weighted by atomic mass is 10.0. The fourth-order valence-corrected chi connectivity index (χ4v) is 3.37. The Bertz CT molecular complexity index is 1080. The Balaban J connectivity index is 2.24. The molecule has 0 aliphatic heterocycles. The Morgan fingerprint density at radius 3 is 2.37 bits per heavy atom. The van der Waals surface area contributed by atoms with Gasteiger partial charge in [-0.05, 0) is 25.0 Å². The molecule has 0 radical (unpaired) electrons. The molecule has 0 bridgehead atoms. The summed E-state index contributed by atoms with van der Waals surface area (Å²) in [6.07, 6.45) is 0.164. The minimum atomic E-state index is -1.48. The summed E-state index contributed by atoms with van der Waals surface area (Å²) in [5, 5.41) is 26.5. The summed E-state index contributed by atoms with van der Waals surface area (Å²) in [7, 11) is 0. The molecule has 1 heterocycles. The first kappa shape index (κ1) is 27.3. The van der Waals surface area contributed by atoms with E-state index >= 15 is 0 Å². The number of carbonyl (C=O) groups excluding carboxylic acids is 4. The van der Waals surface area contributed by atoms with Crippen molar-refractivity contribution in [2.24, 2.45) is 11.5 Å². The van der Waals surface area contributed by atoms with Gasteiger partial charge in [0.2, 0.25) is 23.6 Å². The predicted octanol–water partition coefficient (Wildman–Crippen LogP) is -2.15. The summed E-state index contributed by atoms with van der Waals surface area (Å²) in [5.74, 6) is -4.36. The van der Waals surface area contributed by atoms with E-state index in [1.54, 1.807) is 6.20 Å². The van der Waals surface area contributed by atoms with Crippen LogP contribution in [0.3, 0.4) is 0 Å². The van der Waals surface area contributed by atoms with E-state index in [9.17, 15) is 29.1 Å². The molecule has 0 saturated heterocycles. The predicted molar refractivity (Wildman–Crippen MR) is 125 cm³/mol. The summed E-state index contributed by atoms with van der Waals surface area (Å²) >= 11 is 0. The lowest BCUT2D eigenvalue weighted by molar-refractivity contribution is -0.139. The zero-order valence-corrected chi connectivity index (χ0v) is 19.1. The van der Waals surface area contributed by atoms with Crippen LogP contribution in [0.1, 0.15) is 25.3 Å². The molecule has 0 spiro atoms. The van der Waals surface area contributed by atoms with Crippen LogP contribution in [0.4, 0.5) is 0 Å². The second kappa shape index (κ2) is 12.5. The van der Waals surface area contributed by atoms with Crippen LogP contribution in [-0.4, -0.2) is 75.6 Å². The van der Waals surface area contributed by atoms with E-state index in [1.807, 2.05) is 24.3 Å². The van der Waals surface area contributed by atoms with Gasteiger partial charge in [-0.25, -0.2) is 0 Å². The monoisotopic (exact) mass is 490 g/mol. The lowest BCUT2D eigenvalue weighted by Crippen LogP contribution is -2.59. The topological polar surface area (TPSA) is 230 Å². The smallest absolute Gasteiger partial charge is 0.322 e. The molecule has 10 N–H and O–H groups in total. The molecule has 4 atom stereocenters. The zero-order chi connectivity index (χ0) is 26.1. The summed E-state index contributed by atoms with van der Waals surface area (Å²) in [5.41, 5.74) is 12.4. The number of aromatic amines is 1. The van der Waals surface area contributed by atoms with Crippen LogP contribution in [0.15, 0.2) is 30.5 Å². The Labute approximate surface area is 200 Å². The molecule has 35 heavy (non-hydrogen) atoms. The molecule has 1 aromatic heterocycles. The van der Waals surface area contributed by atoms with E-state index in [0.717, 1.165) is 10.9 Å². The number of carboxylic acids is 1. The van der Waals surface area contributed by atoms with Crippen LogP contribution in [0.2, 0.25) is 0 Å². The molecule has 4 unspecified atom stereocenters. The zero-order valence-electron chi connectivity index (χ0n) is 19.1. The number of amides is 4. The highest BCUT2D eigenvalue weighted by Crippen LogP contribution is 2.19. The number of benzene rings is 1. The molecule has 190 valence electrons. The highest BCUT2D eigenvalue weighted by Gasteiger charge is 2.31. The average molecular weight is 491 g/mol. The number of aliphatic hydroxyl groups excluding tert-OH is 1. The number of nitrogens with one attached hydrogen (secondary N) is 4. The van der Waals surface area contributed by atoms with E-state index in [4.69, 9.17) is 16.6 Å². The van der Waals surface area contributed by atoms with Gasteiger partial charge in [0.15, 0.2) is 0 Å². The standard InChI is InChI=1S/C22H30N6O7/c1-11(29)19(22(35)26-10-18(31)32)28-21(34)16(27-20(33)14(23)6-7-17(24)30)8-12-9-25-15-5-3-2-4-13(12)15/h2-5,9,11,14,16,19,25,29H,6-8,10,23H2,1H3,(H2,24,30)(H,26,35)(H,27,33)(H,28,34)(H,31,32). The van der Waals surface area contributed by atoms with E-state index < -0.39 is 60.4 Å². The number of nitrogens with two attached hydrogens (primary N) is 2. The van der Waals surface area contributed by atoms with Crippen molar-refractivity contribution in [2.75, 3.05) is 6.54 Å². The van der Waals surface area contributed by atoms with Crippen LogP contribution < -0.4 is 27.4 Å². The van der Waals surface area contributed by atoms with E-state index in [1.165, 1.54) is 6.92 Å². The van der Waals surface area contributed by atoms with Crippen molar-refractivity contribution >= 4 is 40.5 Å². The van der Waals surface area contributed by atoms with Crippen LogP contribution in [0.25, 0.3) is 10.9 Å². The van der Waals surface area contributed by atoms with Gasteiger partial charge in [-0.3, -0.25) is 24.0 Å². The maximum atomic E-state index is 13.1. The normalized spacial score (nSPS) is 14.4. The largest absolute Gasteiger partial charge is 0.480 e. The molecule has 0 saturated carbocycles.